The first-order valence-electron chi connectivity index (χ1n) is 9.11. The van der Waals surface area contributed by atoms with Crippen molar-refractivity contribution in [1.82, 2.24) is 10.2 Å². The fourth-order valence-electron chi connectivity index (χ4n) is 3.15. The van der Waals surface area contributed by atoms with Crippen LogP contribution in [0, 0.1) is 16.0 Å². The highest BCUT2D eigenvalue weighted by molar-refractivity contribution is 6.30. The van der Waals surface area contributed by atoms with Gasteiger partial charge in [-0.3, -0.25) is 14.9 Å². The largest absolute Gasteiger partial charge is 0.486 e. The van der Waals surface area contributed by atoms with Crippen molar-refractivity contribution < 1.29 is 14.5 Å². The molecular weight excluding hydrogens is 358 g/mol. The van der Waals surface area contributed by atoms with Crippen molar-refractivity contribution in [2.75, 3.05) is 26.2 Å². The topological polar surface area (TPSA) is 84.7 Å². The molecule has 7 nitrogen and oxygen atoms in total. The van der Waals surface area contributed by atoms with E-state index in [1.165, 1.54) is 31.0 Å². The second-order valence-electron chi connectivity index (χ2n) is 6.97. The molecule has 1 heterocycles. The third kappa shape index (κ3) is 5.32. The number of ether oxygens (including phenoxy) is 1. The van der Waals surface area contributed by atoms with Crippen LogP contribution in [-0.2, 0) is 4.79 Å². The van der Waals surface area contributed by atoms with Crippen molar-refractivity contribution in [3.8, 4) is 5.75 Å². The number of nitro benzene ring substituents is 1. The van der Waals surface area contributed by atoms with Gasteiger partial charge in [-0.1, -0.05) is 11.6 Å². The van der Waals surface area contributed by atoms with Crippen molar-refractivity contribution in [2.24, 2.45) is 5.92 Å². The standard InChI is InChI=1S/C18H24ClN3O4/c19-14-3-4-17(16(11-14)22(24)25)26-10-7-18(23)21-8-5-15(6-9-21)20-12-13-1-2-13/h3-4,11,13,15,20H,1-2,5-10,12H2. The Labute approximate surface area is 157 Å². The number of piperidine rings is 1. The molecule has 0 atom stereocenters. The van der Waals surface area contributed by atoms with Crippen molar-refractivity contribution in [1.29, 1.82) is 0 Å². The summed E-state index contributed by atoms with van der Waals surface area (Å²) in [5.41, 5.74) is -0.187. The van der Waals surface area contributed by atoms with Gasteiger partial charge in [0, 0.05) is 30.2 Å². The summed E-state index contributed by atoms with van der Waals surface area (Å²) < 4.78 is 5.45. The summed E-state index contributed by atoms with van der Waals surface area (Å²) in [5, 5.41) is 14.9. The number of likely N-dealkylation sites (tertiary alicyclic amines) is 1. The molecule has 0 unspecified atom stereocenters. The Morgan fingerprint density at radius 3 is 2.69 bits per heavy atom. The maximum atomic E-state index is 12.3. The molecule has 142 valence electrons. The fourth-order valence-corrected chi connectivity index (χ4v) is 3.32. The molecule has 1 aliphatic carbocycles. The highest BCUT2D eigenvalue weighted by Crippen LogP contribution is 2.30. The van der Waals surface area contributed by atoms with Crippen LogP contribution in [0.25, 0.3) is 0 Å². The number of nitrogens with one attached hydrogen (secondary N) is 1. The number of benzene rings is 1. The van der Waals surface area contributed by atoms with E-state index in [2.05, 4.69) is 5.32 Å². The number of nitro groups is 1. The van der Waals surface area contributed by atoms with Gasteiger partial charge in [-0.05, 0) is 50.3 Å². The average Bonchev–Trinajstić information content (AvgIpc) is 3.46. The van der Waals surface area contributed by atoms with E-state index in [1.807, 2.05) is 4.90 Å². The summed E-state index contributed by atoms with van der Waals surface area (Å²) in [6, 6.07) is 4.75. The van der Waals surface area contributed by atoms with Gasteiger partial charge in [0.2, 0.25) is 5.91 Å². The molecule has 3 rings (SSSR count). The Kier molecular flexibility index (Phi) is 6.32. The first-order valence-corrected chi connectivity index (χ1v) is 9.48. The minimum atomic E-state index is -0.539. The Balaban J connectivity index is 1.40. The lowest BCUT2D eigenvalue weighted by Crippen LogP contribution is -2.45. The van der Waals surface area contributed by atoms with E-state index in [4.69, 9.17) is 16.3 Å². The van der Waals surface area contributed by atoms with E-state index < -0.39 is 4.92 Å². The monoisotopic (exact) mass is 381 g/mol. The van der Waals surface area contributed by atoms with Crippen LogP contribution in [0.4, 0.5) is 5.69 Å². The molecule has 0 spiro atoms. The highest BCUT2D eigenvalue weighted by Gasteiger charge is 2.26. The van der Waals surface area contributed by atoms with E-state index in [9.17, 15) is 14.9 Å². The molecule has 2 fully saturated rings. The zero-order valence-electron chi connectivity index (χ0n) is 14.7. The molecular formula is C18H24ClN3O4. The van der Waals surface area contributed by atoms with Crippen LogP contribution in [0.15, 0.2) is 18.2 Å². The van der Waals surface area contributed by atoms with Gasteiger partial charge >= 0.3 is 5.69 Å². The van der Waals surface area contributed by atoms with Crippen LogP contribution in [0.1, 0.15) is 32.1 Å². The van der Waals surface area contributed by atoms with Gasteiger partial charge in [0.1, 0.15) is 0 Å². The van der Waals surface area contributed by atoms with Crippen molar-refractivity contribution >= 4 is 23.2 Å². The zero-order valence-corrected chi connectivity index (χ0v) is 15.4. The van der Waals surface area contributed by atoms with Gasteiger partial charge in [0.05, 0.1) is 18.0 Å². The second kappa shape index (κ2) is 8.68. The molecule has 2 aliphatic rings. The van der Waals surface area contributed by atoms with Crippen molar-refractivity contribution in [3.05, 3.63) is 33.3 Å². The van der Waals surface area contributed by atoms with Crippen LogP contribution < -0.4 is 10.1 Å². The third-order valence-corrected chi connectivity index (χ3v) is 5.17. The quantitative estimate of drug-likeness (QED) is 0.552. The third-order valence-electron chi connectivity index (χ3n) is 4.93. The molecule has 0 radical (unpaired) electrons. The molecule has 1 amide bonds. The summed E-state index contributed by atoms with van der Waals surface area (Å²) in [6.45, 7) is 2.72. The smallest absolute Gasteiger partial charge is 0.312 e. The summed E-state index contributed by atoms with van der Waals surface area (Å²) in [5.74, 6) is 1.03. The van der Waals surface area contributed by atoms with Crippen molar-refractivity contribution in [2.45, 2.75) is 38.1 Å². The van der Waals surface area contributed by atoms with E-state index >= 15 is 0 Å². The first kappa shape index (κ1) is 18.9. The summed E-state index contributed by atoms with van der Waals surface area (Å²) in [6.07, 6.45) is 4.84. The first-order chi connectivity index (χ1) is 12.5. The second-order valence-corrected chi connectivity index (χ2v) is 7.41. The maximum absolute atomic E-state index is 12.3. The van der Waals surface area contributed by atoms with Crippen LogP contribution in [-0.4, -0.2) is 48.0 Å². The van der Waals surface area contributed by atoms with Crippen LogP contribution in [0.5, 0.6) is 5.75 Å². The summed E-state index contributed by atoms with van der Waals surface area (Å²) in [7, 11) is 0. The predicted octanol–water partition coefficient (Wildman–Crippen LogP) is 3.01. The molecule has 1 aromatic carbocycles. The maximum Gasteiger partial charge on any atom is 0.312 e. The molecule has 1 aromatic rings. The summed E-state index contributed by atoms with van der Waals surface area (Å²) in [4.78, 5) is 24.7. The lowest BCUT2D eigenvalue weighted by atomic mass is 10.0. The van der Waals surface area contributed by atoms with Gasteiger partial charge < -0.3 is 15.0 Å². The molecule has 1 N–H and O–H groups in total. The van der Waals surface area contributed by atoms with Crippen LogP contribution >= 0.6 is 11.6 Å². The number of hydrogen-bond acceptors (Lipinski definition) is 5. The van der Waals surface area contributed by atoms with E-state index in [0.717, 1.165) is 38.4 Å². The Morgan fingerprint density at radius 2 is 2.04 bits per heavy atom. The van der Waals surface area contributed by atoms with Gasteiger partial charge in [0.15, 0.2) is 5.75 Å². The Morgan fingerprint density at radius 1 is 1.31 bits per heavy atom. The summed E-state index contributed by atoms with van der Waals surface area (Å²) >= 11 is 5.78. The molecule has 0 aromatic heterocycles. The zero-order chi connectivity index (χ0) is 18.5. The number of hydrogen-bond donors (Lipinski definition) is 1. The van der Waals surface area contributed by atoms with E-state index in [0.29, 0.717) is 6.04 Å². The lowest BCUT2D eigenvalue weighted by Gasteiger charge is -2.32. The van der Waals surface area contributed by atoms with Gasteiger partial charge in [0.25, 0.3) is 0 Å². The number of halogens is 1. The van der Waals surface area contributed by atoms with Gasteiger partial charge in [-0.15, -0.1) is 0 Å². The fraction of sp³-hybridized carbons (Fsp3) is 0.611. The normalized spacial score (nSPS) is 18.0. The number of nitrogens with zero attached hydrogens (tertiary/aromatic N) is 2. The number of carbonyl (C=O) groups excluding carboxylic acids is 1. The minimum absolute atomic E-state index is 0.0299. The molecule has 26 heavy (non-hydrogen) atoms. The van der Waals surface area contributed by atoms with Gasteiger partial charge in [-0.25, -0.2) is 0 Å². The lowest BCUT2D eigenvalue weighted by molar-refractivity contribution is -0.385. The number of rotatable bonds is 8. The molecule has 1 aliphatic heterocycles. The molecule has 8 heteroatoms. The Bertz CT molecular complexity index is 658. The molecule has 1 saturated heterocycles. The SMILES string of the molecule is O=C(CCOc1ccc(Cl)cc1[N+](=O)[O-])N1CCC(NCC2CC2)CC1. The molecule has 0 bridgehead atoms. The number of carbonyl (C=O) groups is 1. The molecule has 1 saturated carbocycles. The van der Waals surface area contributed by atoms with E-state index in [1.54, 1.807) is 0 Å². The van der Waals surface area contributed by atoms with Crippen molar-refractivity contribution in [3.63, 3.8) is 0 Å². The van der Waals surface area contributed by atoms with Crippen LogP contribution in [0.3, 0.4) is 0 Å². The Hall–Kier alpha value is -1.86. The highest BCUT2D eigenvalue weighted by atomic mass is 35.5. The van der Waals surface area contributed by atoms with Gasteiger partial charge in [-0.2, -0.15) is 0 Å². The average molecular weight is 382 g/mol. The van der Waals surface area contributed by atoms with Crippen LogP contribution in [0.2, 0.25) is 5.02 Å². The minimum Gasteiger partial charge on any atom is -0.486 e. The van der Waals surface area contributed by atoms with E-state index in [-0.39, 0.29) is 35.4 Å². The predicted molar refractivity (Wildman–Crippen MR) is 98.5 cm³/mol. The number of amides is 1.